The van der Waals surface area contributed by atoms with Gasteiger partial charge in [-0.25, -0.2) is 8.42 Å². The van der Waals surface area contributed by atoms with Gasteiger partial charge < -0.3 is 14.6 Å². The maximum Gasteiger partial charge on any atom is 0.243 e. The van der Waals surface area contributed by atoms with Crippen LogP contribution in [0.25, 0.3) is 21.8 Å². The zero-order chi connectivity index (χ0) is 26.2. The number of hydrogen-bond donors (Lipinski definition) is 1. The Balaban J connectivity index is 1.35. The van der Waals surface area contributed by atoms with E-state index >= 15 is 0 Å². The molecule has 7 nitrogen and oxygen atoms in total. The number of benzene rings is 3. The number of amides is 1. The first-order valence-corrected chi connectivity index (χ1v) is 14.4. The van der Waals surface area contributed by atoms with Crippen molar-refractivity contribution < 1.29 is 17.9 Å². The topological polar surface area (TPSA) is 80.6 Å². The summed E-state index contributed by atoms with van der Waals surface area (Å²) in [4.78, 5) is 13.3. The molecule has 1 amide bonds. The van der Waals surface area contributed by atoms with Crippen LogP contribution in [0.3, 0.4) is 0 Å². The zero-order valence-corrected chi connectivity index (χ0v) is 22.5. The maximum absolute atomic E-state index is 13.3. The molecule has 1 N–H and O–H groups in total. The van der Waals surface area contributed by atoms with E-state index in [2.05, 4.69) is 28.9 Å². The molecule has 0 unspecified atom stereocenters. The fourth-order valence-electron chi connectivity index (χ4n) is 5.15. The molecule has 194 valence electrons. The normalized spacial score (nSPS) is 16.8. The van der Waals surface area contributed by atoms with Crippen LogP contribution in [0.1, 0.15) is 26.7 Å². The summed E-state index contributed by atoms with van der Waals surface area (Å²) < 4.78 is 35.7. The number of rotatable bonds is 7. The molecule has 0 spiro atoms. The maximum atomic E-state index is 13.3. The van der Waals surface area contributed by atoms with Gasteiger partial charge in [0.05, 0.1) is 22.4 Å². The molecule has 1 atom stereocenters. The van der Waals surface area contributed by atoms with Gasteiger partial charge in [0, 0.05) is 47.1 Å². The van der Waals surface area contributed by atoms with E-state index in [0.717, 1.165) is 28.4 Å². The molecule has 0 saturated carbocycles. The van der Waals surface area contributed by atoms with E-state index in [1.807, 2.05) is 37.3 Å². The van der Waals surface area contributed by atoms with Crippen molar-refractivity contribution in [3.05, 3.63) is 65.7 Å². The molecule has 3 aromatic carbocycles. The Bertz CT molecular complexity index is 1580. The molecule has 0 bridgehead atoms. The van der Waals surface area contributed by atoms with E-state index in [4.69, 9.17) is 16.3 Å². The van der Waals surface area contributed by atoms with Crippen molar-refractivity contribution in [2.45, 2.75) is 38.1 Å². The van der Waals surface area contributed by atoms with Crippen LogP contribution >= 0.6 is 11.6 Å². The highest BCUT2D eigenvalue weighted by Gasteiger charge is 2.33. The summed E-state index contributed by atoms with van der Waals surface area (Å²) in [7, 11) is -3.80. The molecule has 9 heteroatoms. The molecule has 4 aromatic rings. The number of halogens is 1. The van der Waals surface area contributed by atoms with E-state index in [1.54, 1.807) is 6.07 Å². The molecule has 0 aliphatic carbocycles. The number of nitrogens with zero attached hydrogens (tertiary/aromatic N) is 2. The molecule has 1 aliphatic heterocycles. The van der Waals surface area contributed by atoms with Crippen LogP contribution in [0.5, 0.6) is 5.75 Å². The molecule has 1 aliphatic rings. The van der Waals surface area contributed by atoms with Gasteiger partial charge in [0.1, 0.15) is 5.75 Å². The number of hydrogen-bond acceptors (Lipinski definition) is 4. The second-order valence-corrected chi connectivity index (χ2v) is 11.6. The number of carbonyl (C=O) groups is 1. The summed E-state index contributed by atoms with van der Waals surface area (Å²) in [5.74, 6) is -0.185. The van der Waals surface area contributed by atoms with E-state index < -0.39 is 15.9 Å². The number of fused-ring (bicyclic) bond motifs is 3. The van der Waals surface area contributed by atoms with Crippen molar-refractivity contribution in [3.63, 3.8) is 0 Å². The third-order valence-electron chi connectivity index (χ3n) is 6.95. The van der Waals surface area contributed by atoms with Crippen molar-refractivity contribution in [2.24, 2.45) is 5.92 Å². The molecule has 1 fully saturated rings. The minimum Gasteiger partial charge on any atom is -0.492 e. The van der Waals surface area contributed by atoms with Gasteiger partial charge in [-0.15, -0.1) is 0 Å². The quantitative estimate of drug-likeness (QED) is 0.317. The van der Waals surface area contributed by atoms with Gasteiger partial charge in [0.15, 0.2) is 0 Å². The lowest BCUT2D eigenvalue weighted by Crippen LogP contribution is -2.43. The summed E-state index contributed by atoms with van der Waals surface area (Å²) >= 11 is 6.24. The minimum absolute atomic E-state index is 0.0970. The van der Waals surface area contributed by atoms with E-state index in [1.165, 1.54) is 16.4 Å². The monoisotopic (exact) mass is 539 g/mol. The summed E-state index contributed by atoms with van der Waals surface area (Å²) in [6.45, 7) is 5.72. The van der Waals surface area contributed by atoms with Crippen molar-refractivity contribution in [1.29, 1.82) is 0 Å². The van der Waals surface area contributed by atoms with Crippen LogP contribution in [-0.4, -0.2) is 42.9 Å². The standard InChI is InChI=1S/C28H30ClN3O4S/c1-3-32-25-10-6-5-9-22(25)23-16-20(11-13-26(23)32)30-28(33)19-8-7-15-31(18-19)37(34,35)21-12-14-27(36-4-2)24(29)17-21/h5-6,9-14,16-17,19H,3-4,7-8,15,18H2,1-2H3,(H,30,33)/t19-/m0/s1. The number of carbonyl (C=O) groups excluding carboxylic acids is 1. The number of ether oxygens (including phenoxy) is 1. The van der Waals surface area contributed by atoms with Crippen LogP contribution in [-0.2, 0) is 21.4 Å². The molecule has 1 saturated heterocycles. The van der Waals surface area contributed by atoms with Gasteiger partial charge >= 0.3 is 0 Å². The van der Waals surface area contributed by atoms with Crippen LogP contribution in [0.4, 0.5) is 5.69 Å². The minimum atomic E-state index is -3.80. The van der Waals surface area contributed by atoms with Crippen LogP contribution < -0.4 is 10.1 Å². The summed E-state index contributed by atoms with van der Waals surface area (Å²) in [6, 6.07) is 18.7. The molecular weight excluding hydrogens is 510 g/mol. The number of aromatic nitrogens is 1. The first-order chi connectivity index (χ1) is 17.8. The Morgan fingerprint density at radius 1 is 1.05 bits per heavy atom. The third kappa shape index (κ3) is 4.81. The van der Waals surface area contributed by atoms with Gasteiger partial charge in [-0.1, -0.05) is 29.8 Å². The Hall–Kier alpha value is -3.07. The predicted molar refractivity (Wildman–Crippen MR) is 148 cm³/mol. The van der Waals surface area contributed by atoms with Crippen LogP contribution in [0, 0.1) is 5.92 Å². The largest absolute Gasteiger partial charge is 0.492 e. The van der Waals surface area contributed by atoms with Crippen molar-refractivity contribution in [2.75, 3.05) is 25.0 Å². The average molecular weight is 540 g/mol. The first kappa shape index (κ1) is 25.6. The van der Waals surface area contributed by atoms with E-state index in [0.29, 0.717) is 37.4 Å². The summed E-state index contributed by atoms with van der Waals surface area (Å²) in [5.41, 5.74) is 2.98. The molecule has 2 heterocycles. The highest BCUT2D eigenvalue weighted by Crippen LogP contribution is 2.33. The summed E-state index contributed by atoms with van der Waals surface area (Å²) in [5, 5.41) is 5.49. The second-order valence-electron chi connectivity index (χ2n) is 9.21. The lowest BCUT2D eigenvalue weighted by atomic mass is 9.98. The first-order valence-electron chi connectivity index (χ1n) is 12.6. The van der Waals surface area contributed by atoms with E-state index in [-0.39, 0.29) is 22.4 Å². The Morgan fingerprint density at radius 3 is 2.59 bits per heavy atom. The SMILES string of the molecule is CCOc1ccc(S(=O)(=O)N2CCC[C@H](C(=O)Nc3ccc4c(c3)c3ccccc3n4CC)C2)cc1Cl. The lowest BCUT2D eigenvalue weighted by molar-refractivity contribution is -0.120. The molecule has 37 heavy (non-hydrogen) atoms. The van der Waals surface area contributed by atoms with Gasteiger partial charge in [0.2, 0.25) is 15.9 Å². The van der Waals surface area contributed by atoms with Gasteiger partial charge in [-0.3, -0.25) is 4.79 Å². The molecule has 5 rings (SSSR count). The molecule has 1 aromatic heterocycles. The predicted octanol–water partition coefficient (Wildman–Crippen LogP) is 5.91. The van der Waals surface area contributed by atoms with Crippen molar-refractivity contribution >= 4 is 55.0 Å². The number of aryl methyl sites for hydroxylation is 1. The van der Waals surface area contributed by atoms with Crippen LogP contribution in [0.15, 0.2) is 65.6 Å². The molecule has 0 radical (unpaired) electrons. The van der Waals surface area contributed by atoms with E-state index in [9.17, 15) is 13.2 Å². The zero-order valence-electron chi connectivity index (χ0n) is 20.9. The third-order valence-corrected chi connectivity index (χ3v) is 9.11. The Labute approximate surface area is 222 Å². The van der Waals surface area contributed by atoms with Gasteiger partial charge in [-0.2, -0.15) is 4.31 Å². The number of anilines is 1. The van der Waals surface area contributed by atoms with Crippen molar-refractivity contribution in [3.8, 4) is 5.75 Å². The number of nitrogens with one attached hydrogen (secondary N) is 1. The number of piperidine rings is 1. The Kier molecular flexibility index (Phi) is 7.16. The van der Waals surface area contributed by atoms with Crippen molar-refractivity contribution in [1.82, 2.24) is 8.87 Å². The molecular formula is C28H30ClN3O4S. The Morgan fingerprint density at radius 2 is 1.84 bits per heavy atom. The van der Waals surface area contributed by atoms with Crippen LogP contribution in [0.2, 0.25) is 5.02 Å². The van der Waals surface area contributed by atoms with Gasteiger partial charge in [0.25, 0.3) is 0 Å². The smallest absolute Gasteiger partial charge is 0.243 e. The highest BCUT2D eigenvalue weighted by atomic mass is 35.5. The second kappa shape index (κ2) is 10.4. The van der Waals surface area contributed by atoms with Gasteiger partial charge in [-0.05, 0) is 69.2 Å². The number of para-hydroxylation sites is 1. The highest BCUT2D eigenvalue weighted by molar-refractivity contribution is 7.89. The lowest BCUT2D eigenvalue weighted by Gasteiger charge is -2.31. The fraction of sp³-hybridized carbons (Fsp3) is 0.321. The fourth-order valence-corrected chi connectivity index (χ4v) is 7.01. The average Bonchev–Trinajstić information content (AvgIpc) is 3.23. The summed E-state index contributed by atoms with van der Waals surface area (Å²) in [6.07, 6.45) is 1.23. The number of sulfonamides is 1.